The standard InChI is InChI=1S/C25H17NO2/c27-24-20-12-10-16-8-9-17-11-13-21(23(20)22(16)17)25(28)26(24)14-18-6-3-5-15-4-1-2-7-19(15)18/h1-7,10-13H,8-9,14H2. The number of benzene rings is 4. The maximum Gasteiger partial charge on any atom is 0.261 e. The van der Waals surface area contributed by atoms with Crippen LogP contribution in [0, 0.1) is 0 Å². The highest BCUT2D eigenvalue weighted by atomic mass is 16.2. The Morgan fingerprint density at radius 3 is 2.04 bits per heavy atom. The van der Waals surface area contributed by atoms with Gasteiger partial charge in [0.15, 0.2) is 0 Å². The van der Waals surface area contributed by atoms with Gasteiger partial charge in [-0.1, -0.05) is 54.6 Å². The van der Waals surface area contributed by atoms with Crippen molar-refractivity contribution in [3.8, 4) is 0 Å². The van der Waals surface area contributed by atoms with Crippen molar-refractivity contribution in [1.82, 2.24) is 4.90 Å². The number of carbonyl (C=O) groups is 2. The Bertz CT molecular complexity index is 1270. The lowest BCUT2D eigenvalue weighted by atomic mass is 9.91. The monoisotopic (exact) mass is 363 g/mol. The van der Waals surface area contributed by atoms with Crippen molar-refractivity contribution in [3.63, 3.8) is 0 Å². The molecule has 0 saturated carbocycles. The van der Waals surface area contributed by atoms with Crippen molar-refractivity contribution in [2.45, 2.75) is 19.4 Å². The van der Waals surface area contributed by atoms with E-state index in [4.69, 9.17) is 0 Å². The molecule has 134 valence electrons. The summed E-state index contributed by atoms with van der Waals surface area (Å²) in [4.78, 5) is 28.0. The van der Waals surface area contributed by atoms with E-state index in [-0.39, 0.29) is 18.4 Å². The zero-order valence-electron chi connectivity index (χ0n) is 15.2. The average molecular weight is 363 g/mol. The molecule has 0 bridgehead atoms. The van der Waals surface area contributed by atoms with Crippen LogP contribution < -0.4 is 0 Å². The van der Waals surface area contributed by atoms with E-state index in [9.17, 15) is 9.59 Å². The molecule has 0 spiro atoms. The fourth-order valence-corrected chi connectivity index (χ4v) is 4.81. The molecule has 3 heteroatoms. The molecule has 3 nitrogen and oxygen atoms in total. The first kappa shape index (κ1) is 15.6. The van der Waals surface area contributed by atoms with Crippen LogP contribution in [0.2, 0.25) is 0 Å². The third kappa shape index (κ3) is 1.99. The first-order valence-corrected chi connectivity index (χ1v) is 9.63. The van der Waals surface area contributed by atoms with Crippen molar-refractivity contribution >= 4 is 33.4 Å². The Labute approximate surface area is 162 Å². The van der Waals surface area contributed by atoms with Crippen molar-refractivity contribution in [2.75, 3.05) is 0 Å². The SMILES string of the molecule is O=C1c2ccc3c4c(ccc(c24)C(=O)N1Cc1cccc2ccccc12)CC3. The molecule has 1 aliphatic heterocycles. The Morgan fingerprint density at radius 2 is 1.32 bits per heavy atom. The lowest BCUT2D eigenvalue weighted by molar-refractivity contribution is 0.0599. The summed E-state index contributed by atoms with van der Waals surface area (Å²) in [6, 6.07) is 22.0. The molecule has 0 unspecified atom stereocenters. The van der Waals surface area contributed by atoms with Gasteiger partial charge in [0.1, 0.15) is 0 Å². The number of nitrogens with zero attached hydrogens (tertiary/aromatic N) is 1. The molecule has 4 aromatic rings. The highest BCUT2D eigenvalue weighted by molar-refractivity contribution is 6.26. The van der Waals surface area contributed by atoms with E-state index in [1.165, 1.54) is 16.0 Å². The van der Waals surface area contributed by atoms with Crippen LogP contribution in [0.25, 0.3) is 21.5 Å². The maximum atomic E-state index is 13.3. The molecule has 2 amide bonds. The minimum absolute atomic E-state index is 0.193. The largest absolute Gasteiger partial charge is 0.270 e. The Hall–Kier alpha value is -3.46. The third-order valence-electron chi connectivity index (χ3n) is 6.16. The second-order valence-electron chi connectivity index (χ2n) is 7.63. The average Bonchev–Trinajstić information content (AvgIpc) is 3.16. The zero-order valence-corrected chi connectivity index (χ0v) is 15.2. The molecular formula is C25H17NO2. The Balaban J connectivity index is 1.51. The number of rotatable bonds is 2. The second-order valence-corrected chi connectivity index (χ2v) is 7.63. The van der Waals surface area contributed by atoms with E-state index in [1.54, 1.807) is 0 Å². The number of amides is 2. The summed E-state index contributed by atoms with van der Waals surface area (Å²) in [6.45, 7) is 0.281. The number of aryl methyl sites for hydroxylation is 2. The highest BCUT2D eigenvalue weighted by Crippen LogP contribution is 2.38. The van der Waals surface area contributed by atoms with Crippen LogP contribution >= 0.6 is 0 Å². The molecule has 6 rings (SSSR count). The normalized spacial score (nSPS) is 15.1. The molecule has 1 heterocycles. The fraction of sp³-hybridized carbons (Fsp3) is 0.120. The summed E-state index contributed by atoms with van der Waals surface area (Å²) in [5.74, 6) is -0.387. The van der Waals surface area contributed by atoms with Gasteiger partial charge in [-0.05, 0) is 57.8 Å². The van der Waals surface area contributed by atoms with Crippen molar-refractivity contribution in [1.29, 1.82) is 0 Å². The van der Waals surface area contributed by atoms with Gasteiger partial charge in [0.25, 0.3) is 11.8 Å². The van der Waals surface area contributed by atoms with Gasteiger partial charge in [-0.3, -0.25) is 14.5 Å². The predicted octanol–water partition coefficient (Wildman–Crippen LogP) is 4.89. The van der Waals surface area contributed by atoms with Gasteiger partial charge < -0.3 is 0 Å². The molecule has 0 N–H and O–H groups in total. The molecule has 0 fully saturated rings. The summed E-state index contributed by atoms with van der Waals surface area (Å²) in [6.07, 6.45) is 1.97. The lowest BCUT2D eigenvalue weighted by Crippen LogP contribution is -2.39. The van der Waals surface area contributed by atoms with Gasteiger partial charge >= 0.3 is 0 Å². The van der Waals surface area contributed by atoms with E-state index < -0.39 is 0 Å². The smallest absolute Gasteiger partial charge is 0.261 e. The van der Waals surface area contributed by atoms with Gasteiger partial charge in [-0.15, -0.1) is 0 Å². The topological polar surface area (TPSA) is 37.4 Å². The van der Waals surface area contributed by atoms with Gasteiger partial charge in [-0.25, -0.2) is 0 Å². The van der Waals surface area contributed by atoms with Crippen LogP contribution in [0.15, 0.2) is 66.7 Å². The summed E-state index contributed by atoms with van der Waals surface area (Å²) < 4.78 is 0. The van der Waals surface area contributed by atoms with E-state index in [0.29, 0.717) is 11.1 Å². The minimum Gasteiger partial charge on any atom is -0.270 e. The van der Waals surface area contributed by atoms with E-state index in [0.717, 1.165) is 39.9 Å². The molecular weight excluding hydrogens is 346 g/mol. The second kappa shape index (κ2) is 5.52. The van der Waals surface area contributed by atoms with Gasteiger partial charge in [0, 0.05) is 16.5 Å². The first-order chi connectivity index (χ1) is 13.7. The number of hydrogen-bond donors (Lipinski definition) is 0. The molecule has 28 heavy (non-hydrogen) atoms. The molecule has 0 aromatic heterocycles. The molecule has 0 radical (unpaired) electrons. The minimum atomic E-state index is -0.193. The van der Waals surface area contributed by atoms with E-state index in [2.05, 4.69) is 12.1 Å². The van der Waals surface area contributed by atoms with E-state index in [1.807, 2.05) is 54.6 Å². The van der Waals surface area contributed by atoms with Crippen LogP contribution in [0.3, 0.4) is 0 Å². The van der Waals surface area contributed by atoms with Crippen molar-refractivity contribution in [2.24, 2.45) is 0 Å². The van der Waals surface area contributed by atoms with Crippen LogP contribution in [0.1, 0.15) is 37.4 Å². The van der Waals surface area contributed by atoms with Crippen LogP contribution in [0.4, 0.5) is 0 Å². The molecule has 0 saturated heterocycles. The Kier molecular flexibility index (Phi) is 3.07. The molecule has 0 atom stereocenters. The third-order valence-corrected chi connectivity index (χ3v) is 6.16. The zero-order chi connectivity index (χ0) is 18.8. The van der Waals surface area contributed by atoms with Gasteiger partial charge in [0.2, 0.25) is 0 Å². The van der Waals surface area contributed by atoms with Crippen LogP contribution in [0.5, 0.6) is 0 Å². The quantitative estimate of drug-likeness (QED) is 0.476. The lowest BCUT2D eigenvalue weighted by Gasteiger charge is -2.28. The predicted molar refractivity (Wildman–Crippen MR) is 110 cm³/mol. The summed E-state index contributed by atoms with van der Waals surface area (Å²) in [5.41, 5.74) is 4.78. The van der Waals surface area contributed by atoms with Crippen LogP contribution in [-0.2, 0) is 19.4 Å². The molecule has 2 aliphatic rings. The number of fused-ring (bicyclic) bond motifs is 1. The molecule has 1 aliphatic carbocycles. The van der Waals surface area contributed by atoms with Crippen LogP contribution in [-0.4, -0.2) is 16.7 Å². The fourth-order valence-electron chi connectivity index (χ4n) is 4.81. The Morgan fingerprint density at radius 1 is 0.679 bits per heavy atom. The number of hydrogen-bond acceptors (Lipinski definition) is 2. The molecule has 4 aromatic carbocycles. The summed E-state index contributed by atoms with van der Waals surface area (Å²) >= 11 is 0. The first-order valence-electron chi connectivity index (χ1n) is 9.63. The van der Waals surface area contributed by atoms with Gasteiger partial charge in [0.05, 0.1) is 6.54 Å². The van der Waals surface area contributed by atoms with Gasteiger partial charge in [-0.2, -0.15) is 0 Å². The van der Waals surface area contributed by atoms with Crippen molar-refractivity contribution in [3.05, 3.63) is 94.5 Å². The summed E-state index contributed by atoms with van der Waals surface area (Å²) in [5, 5.41) is 4.17. The van der Waals surface area contributed by atoms with Crippen molar-refractivity contribution < 1.29 is 9.59 Å². The number of carbonyl (C=O) groups excluding carboxylic acids is 2. The maximum absolute atomic E-state index is 13.3. The summed E-state index contributed by atoms with van der Waals surface area (Å²) in [7, 11) is 0. The van der Waals surface area contributed by atoms with E-state index >= 15 is 0 Å². The number of imide groups is 1. The highest BCUT2D eigenvalue weighted by Gasteiger charge is 2.35.